The van der Waals surface area contributed by atoms with Crippen LogP contribution in [0, 0.1) is 5.82 Å². The van der Waals surface area contributed by atoms with Crippen LogP contribution in [0.4, 0.5) is 10.1 Å². The van der Waals surface area contributed by atoms with Crippen molar-refractivity contribution in [3.05, 3.63) is 51.6 Å². The number of amides is 1. The normalized spacial score (nSPS) is 10.3. The van der Waals surface area contributed by atoms with E-state index >= 15 is 0 Å². The van der Waals surface area contributed by atoms with Gasteiger partial charge < -0.3 is 14.8 Å². The Morgan fingerprint density at radius 1 is 1.20 bits per heavy atom. The standard InChI is InChI=1S/C12H6Cl2FNO4/c13-7-2-6(15)3-8(14)10(7)16-11(17)9-1-5(4-20-9)12(18)19/h1-4H,(H,16,17)(H,18,19). The number of anilines is 1. The van der Waals surface area contributed by atoms with Crippen LogP contribution in [0.25, 0.3) is 0 Å². The molecular formula is C12H6Cl2FNO4. The van der Waals surface area contributed by atoms with Gasteiger partial charge in [-0.3, -0.25) is 4.79 Å². The van der Waals surface area contributed by atoms with E-state index in [0.29, 0.717) is 0 Å². The lowest BCUT2D eigenvalue weighted by atomic mass is 10.2. The molecule has 1 amide bonds. The van der Waals surface area contributed by atoms with E-state index in [-0.39, 0.29) is 27.1 Å². The highest BCUT2D eigenvalue weighted by Gasteiger charge is 2.17. The second kappa shape index (κ2) is 5.52. The molecule has 1 aromatic heterocycles. The molecule has 0 aliphatic heterocycles. The first-order valence-electron chi connectivity index (χ1n) is 5.16. The molecule has 1 heterocycles. The predicted octanol–water partition coefficient (Wildman–Crippen LogP) is 3.68. The third kappa shape index (κ3) is 2.92. The van der Waals surface area contributed by atoms with Crippen LogP contribution in [0.1, 0.15) is 20.9 Å². The Balaban J connectivity index is 2.25. The summed E-state index contributed by atoms with van der Waals surface area (Å²) in [5, 5.41) is 10.9. The number of halogens is 3. The molecule has 0 aliphatic carbocycles. The van der Waals surface area contributed by atoms with E-state index < -0.39 is 17.7 Å². The summed E-state index contributed by atoms with van der Waals surface area (Å²) in [6.07, 6.45) is 0.922. The largest absolute Gasteiger partial charge is 0.478 e. The average molecular weight is 318 g/mol. The first-order chi connectivity index (χ1) is 9.38. The Kier molecular flexibility index (Phi) is 3.96. The van der Waals surface area contributed by atoms with Crippen molar-refractivity contribution in [3.8, 4) is 0 Å². The fraction of sp³-hybridized carbons (Fsp3) is 0. The molecule has 0 aliphatic rings. The zero-order valence-corrected chi connectivity index (χ0v) is 11.1. The lowest BCUT2D eigenvalue weighted by Gasteiger charge is -2.07. The van der Waals surface area contributed by atoms with Crippen molar-refractivity contribution >= 4 is 40.8 Å². The molecule has 8 heteroatoms. The van der Waals surface area contributed by atoms with Gasteiger partial charge in [-0.05, 0) is 12.1 Å². The van der Waals surface area contributed by atoms with Crippen molar-refractivity contribution in [1.82, 2.24) is 0 Å². The summed E-state index contributed by atoms with van der Waals surface area (Å²) in [4.78, 5) is 22.5. The minimum atomic E-state index is -1.23. The van der Waals surface area contributed by atoms with Gasteiger partial charge in [-0.2, -0.15) is 0 Å². The first-order valence-corrected chi connectivity index (χ1v) is 5.92. The lowest BCUT2D eigenvalue weighted by Crippen LogP contribution is -2.12. The Morgan fingerprint density at radius 2 is 1.80 bits per heavy atom. The third-order valence-electron chi connectivity index (χ3n) is 2.32. The van der Waals surface area contributed by atoms with Crippen LogP contribution in [0.3, 0.4) is 0 Å². The molecule has 0 saturated carbocycles. The summed E-state index contributed by atoms with van der Waals surface area (Å²) in [6.45, 7) is 0. The summed E-state index contributed by atoms with van der Waals surface area (Å²) in [5.74, 6) is -2.87. The Bertz CT molecular complexity index is 676. The number of nitrogens with one attached hydrogen (secondary N) is 1. The molecule has 0 atom stereocenters. The molecule has 0 saturated heterocycles. The van der Waals surface area contributed by atoms with Crippen molar-refractivity contribution in [3.63, 3.8) is 0 Å². The van der Waals surface area contributed by atoms with Crippen LogP contribution in [-0.2, 0) is 0 Å². The monoisotopic (exact) mass is 317 g/mol. The zero-order valence-electron chi connectivity index (χ0n) is 9.62. The van der Waals surface area contributed by atoms with Gasteiger partial charge in [0.25, 0.3) is 5.91 Å². The van der Waals surface area contributed by atoms with E-state index in [4.69, 9.17) is 32.7 Å². The average Bonchev–Trinajstić information content (AvgIpc) is 2.83. The van der Waals surface area contributed by atoms with E-state index in [2.05, 4.69) is 5.32 Å². The minimum absolute atomic E-state index is 0.00742. The molecule has 104 valence electrons. The van der Waals surface area contributed by atoms with Gasteiger partial charge in [-0.25, -0.2) is 9.18 Å². The predicted molar refractivity (Wildman–Crippen MR) is 70.0 cm³/mol. The number of carboxylic acids is 1. The van der Waals surface area contributed by atoms with Crippen molar-refractivity contribution in [2.45, 2.75) is 0 Å². The fourth-order valence-electron chi connectivity index (χ4n) is 1.40. The van der Waals surface area contributed by atoms with E-state index in [1.807, 2.05) is 0 Å². The molecule has 0 radical (unpaired) electrons. The van der Waals surface area contributed by atoms with Gasteiger partial charge in [-0.15, -0.1) is 0 Å². The highest BCUT2D eigenvalue weighted by molar-refractivity contribution is 6.40. The van der Waals surface area contributed by atoms with Crippen LogP contribution < -0.4 is 5.32 Å². The molecule has 5 nitrogen and oxygen atoms in total. The van der Waals surface area contributed by atoms with Crippen molar-refractivity contribution < 1.29 is 23.5 Å². The van der Waals surface area contributed by atoms with Crippen molar-refractivity contribution in [2.24, 2.45) is 0 Å². The van der Waals surface area contributed by atoms with E-state index in [1.54, 1.807) is 0 Å². The van der Waals surface area contributed by atoms with Gasteiger partial charge in [0.1, 0.15) is 12.1 Å². The Hall–Kier alpha value is -2.05. The maximum atomic E-state index is 13.0. The number of aromatic carboxylic acids is 1. The van der Waals surface area contributed by atoms with Gasteiger partial charge in [0.2, 0.25) is 0 Å². The van der Waals surface area contributed by atoms with Crippen molar-refractivity contribution in [1.29, 1.82) is 0 Å². The number of carbonyl (C=O) groups is 2. The number of furan rings is 1. The summed E-state index contributed by atoms with van der Waals surface area (Å²) >= 11 is 11.5. The number of benzene rings is 1. The molecule has 0 bridgehead atoms. The number of rotatable bonds is 3. The van der Waals surface area contributed by atoms with Gasteiger partial charge in [0.15, 0.2) is 5.76 Å². The molecule has 0 fully saturated rings. The highest BCUT2D eigenvalue weighted by atomic mass is 35.5. The number of hydrogen-bond donors (Lipinski definition) is 2. The van der Waals surface area contributed by atoms with Crippen LogP contribution in [0.5, 0.6) is 0 Å². The molecular weight excluding hydrogens is 312 g/mol. The maximum Gasteiger partial charge on any atom is 0.338 e. The second-order valence-corrected chi connectivity index (χ2v) is 4.52. The molecule has 2 N–H and O–H groups in total. The summed E-state index contributed by atoms with van der Waals surface area (Å²) in [5.41, 5.74) is -0.167. The maximum absolute atomic E-state index is 13.0. The number of carboxylic acid groups (broad SMARTS) is 1. The van der Waals surface area contributed by atoms with E-state index in [1.165, 1.54) is 0 Å². The number of carbonyl (C=O) groups excluding carboxylic acids is 1. The molecule has 0 spiro atoms. The van der Waals surface area contributed by atoms with Crippen molar-refractivity contribution in [2.75, 3.05) is 5.32 Å². The molecule has 2 aromatic rings. The van der Waals surface area contributed by atoms with Gasteiger partial charge in [0.05, 0.1) is 21.3 Å². The van der Waals surface area contributed by atoms with E-state index in [0.717, 1.165) is 24.5 Å². The summed E-state index contributed by atoms with van der Waals surface area (Å²) in [6, 6.07) is 3.00. The second-order valence-electron chi connectivity index (χ2n) is 3.70. The fourth-order valence-corrected chi connectivity index (χ4v) is 1.96. The molecule has 2 rings (SSSR count). The first kappa shape index (κ1) is 14.4. The van der Waals surface area contributed by atoms with Gasteiger partial charge >= 0.3 is 5.97 Å². The molecule has 20 heavy (non-hydrogen) atoms. The Morgan fingerprint density at radius 3 is 2.30 bits per heavy atom. The molecule has 1 aromatic carbocycles. The van der Waals surface area contributed by atoms with Gasteiger partial charge in [0, 0.05) is 6.07 Å². The van der Waals surface area contributed by atoms with Crippen LogP contribution in [-0.4, -0.2) is 17.0 Å². The van der Waals surface area contributed by atoms with Crippen LogP contribution >= 0.6 is 23.2 Å². The summed E-state index contributed by atoms with van der Waals surface area (Å²) < 4.78 is 17.8. The van der Waals surface area contributed by atoms with Gasteiger partial charge in [-0.1, -0.05) is 23.2 Å². The quantitative estimate of drug-likeness (QED) is 0.905. The lowest BCUT2D eigenvalue weighted by molar-refractivity contribution is 0.0696. The summed E-state index contributed by atoms with van der Waals surface area (Å²) in [7, 11) is 0. The third-order valence-corrected chi connectivity index (χ3v) is 2.91. The number of hydrogen-bond acceptors (Lipinski definition) is 3. The Labute approximate surface area is 121 Å². The SMILES string of the molecule is O=C(O)c1coc(C(=O)Nc2c(Cl)cc(F)cc2Cl)c1. The minimum Gasteiger partial charge on any atom is -0.478 e. The smallest absolute Gasteiger partial charge is 0.338 e. The van der Waals surface area contributed by atoms with Crippen LogP contribution in [0.15, 0.2) is 28.9 Å². The molecule has 0 unspecified atom stereocenters. The highest BCUT2D eigenvalue weighted by Crippen LogP contribution is 2.31. The topological polar surface area (TPSA) is 79.5 Å². The van der Waals surface area contributed by atoms with E-state index in [9.17, 15) is 14.0 Å². The zero-order chi connectivity index (χ0) is 14.9. The van der Waals surface area contributed by atoms with Crippen LogP contribution in [0.2, 0.25) is 10.0 Å².